The fourth-order valence-corrected chi connectivity index (χ4v) is 3.34. The fraction of sp³-hybridized carbons (Fsp3) is 0.185. The molecule has 0 saturated heterocycles. The molecule has 3 aromatic carbocycles. The Morgan fingerprint density at radius 3 is 2.15 bits per heavy atom. The van der Waals surface area contributed by atoms with Gasteiger partial charge in [-0.05, 0) is 50.6 Å². The highest BCUT2D eigenvalue weighted by Crippen LogP contribution is 2.30. The summed E-state index contributed by atoms with van der Waals surface area (Å²) in [5.74, 6) is 4.37. The Morgan fingerprint density at radius 2 is 1.56 bits per heavy atom. The molecule has 0 aliphatic heterocycles. The molecule has 0 radical (unpaired) electrons. The van der Waals surface area contributed by atoms with Gasteiger partial charge in [0.15, 0.2) is 0 Å². The minimum Gasteiger partial charge on any atom is -0.349 e. The van der Waals surface area contributed by atoms with Gasteiger partial charge in [0.2, 0.25) is 5.91 Å². The SMILES string of the molecule is CC(C)(C)NC(=O)C(c1cccc([N+](=O)[O-])c1)N(C(=O)C#Cc1ccccc1)c1ccccc1. The molecule has 0 fully saturated rings. The molecule has 3 aromatic rings. The van der Waals surface area contributed by atoms with Crippen molar-refractivity contribution >= 4 is 23.2 Å². The third kappa shape index (κ3) is 6.30. The number of rotatable bonds is 5. The van der Waals surface area contributed by atoms with Gasteiger partial charge in [0, 0.05) is 34.8 Å². The number of para-hydroxylation sites is 1. The molecule has 0 saturated carbocycles. The van der Waals surface area contributed by atoms with E-state index in [-0.39, 0.29) is 5.69 Å². The van der Waals surface area contributed by atoms with Gasteiger partial charge in [0.05, 0.1) is 4.92 Å². The zero-order valence-corrected chi connectivity index (χ0v) is 19.2. The maximum absolute atomic E-state index is 13.5. The number of anilines is 1. The summed E-state index contributed by atoms with van der Waals surface area (Å²) in [5.41, 5.74) is 0.610. The molecule has 0 aliphatic rings. The molecule has 1 atom stereocenters. The molecule has 7 nitrogen and oxygen atoms in total. The van der Waals surface area contributed by atoms with E-state index in [2.05, 4.69) is 17.2 Å². The van der Waals surface area contributed by atoms with Gasteiger partial charge in [-0.1, -0.05) is 54.5 Å². The first-order valence-corrected chi connectivity index (χ1v) is 10.7. The molecule has 0 aliphatic carbocycles. The van der Waals surface area contributed by atoms with E-state index in [9.17, 15) is 19.7 Å². The van der Waals surface area contributed by atoms with Crippen molar-refractivity contribution < 1.29 is 14.5 Å². The predicted molar refractivity (Wildman–Crippen MR) is 131 cm³/mol. The van der Waals surface area contributed by atoms with Crippen molar-refractivity contribution in [3.8, 4) is 11.8 Å². The van der Waals surface area contributed by atoms with Crippen LogP contribution in [0.25, 0.3) is 0 Å². The normalized spacial score (nSPS) is 11.5. The summed E-state index contributed by atoms with van der Waals surface area (Å²) in [6, 6.07) is 22.2. The number of nitro benzene ring substituents is 1. The fourth-order valence-electron chi connectivity index (χ4n) is 3.34. The predicted octanol–water partition coefficient (Wildman–Crippen LogP) is 4.64. The van der Waals surface area contributed by atoms with Crippen molar-refractivity contribution in [1.82, 2.24) is 5.32 Å². The monoisotopic (exact) mass is 455 g/mol. The topological polar surface area (TPSA) is 92.5 Å². The number of hydrogen-bond acceptors (Lipinski definition) is 4. The van der Waals surface area contributed by atoms with Crippen molar-refractivity contribution in [3.63, 3.8) is 0 Å². The quantitative estimate of drug-likeness (QED) is 0.345. The number of benzene rings is 3. The van der Waals surface area contributed by atoms with Crippen LogP contribution < -0.4 is 10.2 Å². The Bertz CT molecular complexity index is 1240. The molecule has 1 N–H and O–H groups in total. The zero-order valence-electron chi connectivity index (χ0n) is 19.2. The molecule has 2 amide bonds. The molecule has 0 bridgehead atoms. The number of hydrogen-bond donors (Lipinski definition) is 1. The van der Waals surface area contributed by atoms with Crippen molar-refractivity contribution in [3.05, 3.63) is 106 Å². The van der Waals surface area contributed by atoms with Gasteiger partial charge in [0.25, 0.3) is 5.69 Å². The summed E-state index contributed by atoms with van der Waals surface area (Å²) in [5, 5.41) is 14.3. The number of nitrogens with zero attached hydrogens (tertiary/aromatic N) is 2. The Hall–Kier alpha value is -4.44. The first-order valence-electron chi connectivity index (χ1n) is 10.7. The number of amides is 2. The van der Waals surface area contributed by atoms with Crippen LogP contribution in [0.5, 0.6) is 0 Å². The molecule has 1 unspecified atom stereocenters. The summed E-state index contributed by atoms with van der Waals surface area (Å²) in [6.45, 7) is 5.46. The van der Waals surface area contributed by atoms with Crippen molar-refractivity contribution in [2.24, 2.45) is 0 Å². The van der Waals surface area contributed by atoms with Crippen LogP contribution in [0.1, 0.15) is 37.9 Å². The van der Waals surface area contributed by atoms with E-state index < -0.39 is 28.3 Å². The molecular weight excluding hydrogens is 430 g/mol. The van der Waals surface area contributed by atoms with Gasteiger partial charge >= 0.3 is 5.91 Å². The van der Waals surface area contributed by atoms with Gasteiger partial charge in [-0.15, -0.1) is 0 Å². The van der Waals surface area contributed by atoms with Crippen LogP contribution in [-0.2, 0) is 9.59 Å². The van der Waals surface area contributed by atoms with E-state index in [1.165, 1.54) is 23.1 Å². The lowest BCUT2D eigenvalue weighted by Crippen LogP contribution is -2.49. The third-order valence-electron chi connectivity index (χ3n) is 4.74. The number of nitrogens with one attached hydrogen (secondary N) is 1. The molecule has 3 rings (SSSR count). The van der Waals surface area contributed by atoms with Gasteiger partial charge in [0.1, 0.15) is 6.04 Å². The van der Waals surface area contributed by atoms with Crippen LogP contribution in [0.2, 0.25) is 0 Å². The number of carbonyl (C=O) groups excluding carboxylic acids is 2. The molecule has 0 aromatic heterocycles. The van der Waals surface area contributed by atoms with E-state index in [1.807, 2.05) is 39.0 Å². The summed E-state index contributed by atoms with van der Waals surface area (Å²) < 4.78 is 0. The Kier molecular flexibility index (Phi) is 7.44. The average molecular weight is 456 g/mol. The van der Waals surface area contributed by atoms with Crippen molar-refractivity contribution in [2.45, 2.75) is 32.4 Å². The lowest BCUT2D eigenvalue weighted by molar-refractivity contribution is -0.384. The van der Waals surface area contributed by atoms with E-state index in [1.54, 1.807) is 48.5 Å². The number of carbonyl (C=O) groups is 2. The highest BCUT2D eigenvalue weighted by atomic mass is 16.6. The average Bonchev–Trinajstić information content (AvgIpc) is 2.81. The van der Waals surface area contributed by atoms with Gasteiger partial charge in [-0.25, -0.2) is 0 Å². The van der Waals surface area contributed by atoms with Gasteiger partial charge in [-0.2, -0.15) is 0 Å². The second kappa shape index (κ2) is 10.5. The summed E-state index contributed by atoms with van der Waals surface area (Å²) >= 11 is 0. The molecule has 0 heterocycles. The Balaban J connectivity index is 2.16. The smallest absolute Gasteiger partial charge is 0.304 e. The van der Waals surface area contributed by atoms with E-state index >= 15 is 0 Å². The largest absolute Gasteiger partial charge is 0.349 e. The second-order valence-corrected chi connectivity index (χ2v) is 8.62. The van der Waals surface area contributed by atoms with Crippen LogP contribution in [0.3, 0.4) is 0 Å². The van der Waals surface area contributed by atoms with E-state index in [0.29, 0.717) is 16.8 Å². The third-order valence-corrected chi connectivity index (χ3v) is 4.74. The maximum Gasteiger partial charge on any atom is 0.304 e. The van der Waals surface area contributed by atoms with Gasteiger partial charge in [-0.3, -0.25) is 24.6 Å². The van der Waals surface area contributed by atoms with E-state index in [4.69, 9.17) is 0 Å². The first kappa shape index (κ1) is 24.2. The first-order chi connectivity index (χ1) is 16.2. The highest BCUT2D eigenvalue weighted by molar-refractivity contribution is 6.10. The summed E-state index contributed by atoms with van der Waals surface area (Å²) in [4.78, 5) is 39.1. The lowest BCUT2D eigenvalue weighted by Gasteiger charge is -2.32. The minimum absolute atomic E-state index is 0.179. The van der Waals surface area contributed by atoms with E-state index in [0.717, 1.165) is 0 Å². The number of non-ortho nitro benzene ring substituents is 1. The van der Waals surface area contributed by atoms with Gasteiger partial charge < -0.3 is 5.32 Å². The van der Waals surface area contributed by atoms with Crippen LogP contribution in [-0.4, -0.2) is 22.3 Å². The van der Waals surface area contributed by atoms with Crippen molar-refractivity contribution in [1.29, 1.82) is 0 Å². The number of nitro groups is 1. The highest BCUT2D eigenvalue weighted by Gasteiger charge is 2.34. The lowest BCUT2D eigenvalue weighted by atomic mass is 10.00. The van der Waals surface area contributed by atoms with Crippen LogP contribution >= 0.6 is 0 Å². The Morgan fingerprint density at radius 1 is 0.941 bits per heavy atom. The van der Waals surface area contributed by atoms with Crippen LogP contribution in [0, 0.1) is 22.0 Å². The second-order valence-electron chi connectivity index (χ2n) is 8.62. The standard InChI is InChI=1S/C27H25N3O4/c1-27(2,3)28-26(32)25(21-13-10-16-23(19-21)30(33)34)29(22-14-8-5-9-15-22)24(31)18-17-20-11-6-4-7-12-20/h4-16,19,25H,1-3H3,(H,28,32). The van der Waals surface area contributed by atoms with Crippen LogP contribution in [0.15, 0.2) is 84.9 Å². The Labute approximate surface area is 198 Å². The zero-order chi connectivity index (χ0) is 24.7. The molecule has 7 heteroatoms. The summed E-state index contributed by atoms with van der Waals surface area (Å²) in [6.07, 6.45) is 0. The summed E-state index contributed by atoms with van der Waals surface area (Å²) in [7, 11) is 0. The van der Waals surface area contributed by atoms with Crippen molar-refractivity contribution in [2.75, 3.05) is 4.90 Å². The molecule has 0 spiro atoms. The minimum atomic E-state index is -1.18. The molecular formula is C27H25N3O4. The van der Waals surface area contributed by atoms with Crippen LogP contribution in [0.4, 0.5) is 11.4 Å². The molecule has 172 valence electrons. The molecule has 34 heavy (non-hydrogen) atoms. The maximum atomic E-state index is 13.5.